The first-order valence-corrected chi connectivity index (χ1v) is 14.8. The molecule has 1 heterocycles. The second kappa shape index (κ2) is 14.6. The fourth-order valence-corrected chi connectivity index (χ4v) is 5.89. The van der Waals surface area contributed by atoms with Gasteiger partial charge in [0.1, 0.15) is 6.61 Å². The maximum Gasteiger partial charge on any atom is 0.417 e. The highest BCUT2D eigenvalue weighted by atomic mass is 16.6. The fraction of sp³-hybridized carbons (Fsp3) is 0.243. The summed E-state index contributed by atoms with van der Waals surface area (Å²) in [4.78, 5) is 29.0. The number of nitrogens with zero attached hydrogens (tertiary/aromatic N) is 1. The fourth-order valence-electron chi connectivity index (χ4n) is 5.89. The molecule has 0 bridgehead atoms. The van der Waals surface area contributed by atoms with Gasteiger partial charge in [-0.05, 0) is 52.1 Å². The highest BCUT2D eigenvalue weighted by molar-refractivity contribution is 6.06. The van der Waals surface area contributed by atoms with Crippen LogP contribution in [0.15, 0.2) is 91.0 Å². The summed E-state index contributed by atoms with van der Waals surface area (Å²) in [5.41, 5.74) is 3.38. The Morgan fingerprint density at radius 2 is 1.09 bits per heavy atom. The van der Waals surface area contributed by atoms with E-state index in [4.69, 9.17) is 33.2 Å². The predicted molar refractivity (Wildman–Crippen MR) is 176 cm³/mol. The Hall–Kier alpha value is -5.64. The molecular formula is C37H37NO9. The van der Waals surface area contributed by atoms with E-state index in [1.165, 1.54) is 53.6 Å². The van der Waals surface area contributed by atoms with E-state index in [9.17, 15) is 9.59 Å². The Bertz CT molecular complexity index is 1600. The molecule has 1 atom stereocenters. The number of rotatable bonds is 12. The highest BCUT2D eigenvalue weighted by Crippen LogP contribution is 2.45. The van der Waals surface area contributed by atoms with Gasteiger partial charge in [0, 0.05) is 12.0 Å². The lowest BCUT2D eigenvalue weighted by Crippen LogP contribution is -2.42. The summed E-state index contributed by atoms with van der Waals surface area (Å²) in [7, 11) is 9.05. The van der Waals surface area contributed by atoms with Gasteiger partial charge in [0.15, 0.2) is 23.0 Å². The van der Waals surface area contributed by atoms with E-state index in [2.05, 4.69) is 0 Å². The minimum Gasteiger partial charge on any atom is -0.493 e. The first-order chi connectivity index (χ1) is 22.9. The van der Waals surface area contributed by atoms with Crippen LogP contribution in [0.1, 0.15) is 28.2 Å². The molecule has 0 aliphatic carbocycles. The Kier molecular flexibility index (Phi) is 10.2. The van der Waals surface area contributed by atoms with Gasteiger partial charge in [-0.3, -0.25) is 4.79 Å². The Morgan fingerprint density at radius 1 is 0.681 bits per heavy atom. The zero-order valence-electron chi connectivity index (χ0n) is 27.1. The summed E-state index contributed by atoms with van der Waals surface area (Å²) >= 11 is 0. The third kappa shape index (κ3) is 6.53. The molecule has 1 fully saturated rings. The Morgan fingerprint density at radius 3 is 1.45 bits per heavy atom. The lowest BCUT2D eigenvalue weighted by atomic mass is 9.84. The van der Waals surface area contributed by atoms with Crippen LogP contribution in [-0.2, 0) is 9.53 Å². The molecule has 0 spiro atoms. The monoisotopic (exact) mass is 639 g/mol. The average Bonchev–Trinajstić information content (AvgIpc) is 3.50. The molecule has 0 radical (unpaired) electrons. The molecule has 0 saturated carbocycles. The number of cyclic esters (lactones) is 1. The van der Waals surface area contributed by atoms with Gasteiger partial charge in [0.2, 0.25) is 11.5 Å². The highest BCUT2D eigenvalue weighted by Gasteiger charge is 2.43. The number of benzene rings is 4. The number of methoxy groups -OCH3 is 6. The van der Waals surface area contributed by atoms with Crippen LogP contribution >= 0.6 is 0 Å². The maximum atomic E-state index is 14.4. The molecule has 0 aromatic heterocycles. The molecule has 244 valence electrons. The van der Waals surface area contributed by atoms with Crippen LogP contribution in [-0.4, -0.2) is 72.2 Å². The van der Waals surface area contributed by atoms with Gasteiger partial charge >= 0.3 is 6.09 Å². The number of hydrogen-bond acceptors (Lipinski definition) is 9. The molecular weight excluding hydrogens is 602 g/mol. The summed E-state index contributed by atoms with van der Waals surface area (Å²) in [5.74, 6) is 1.34. The third-order valence-electron chi connectivity index (χ3n) is 8.06. The lowest BCUT2D eigenvalue weighted by molar-refractivity contribution is -0.124. The van der Waals surface area contributed by atoms with Crippen LogP contribution in [0.4, 0.5) is 4.79 Å². The topological polar surface area (TPSA) is 102 Å². The summed E-state index contributed by atoms with van der Waals surface area (Å²) in [6, 6.07) is 25.8. The van der Waals surface area contributed by atoms with E-state index >= 15 is 0 Å². The standard InChI is InChI=1S/C37H37NO9/c1-41-29-17-25(18-30(42-2)35(29)45-5)27(26-19-31(43-3)36(46-6)32(20-26)44-4)21-33(39)38-28(22-47-37(38)40)34(23-13-9-7-10-14-23)24-15-11-8-12-16-24/h7-21,28,34H,22H2,1-6H3/t28-/m0/s1. The van der Waals surface area contributed by atoms with Crippen LogP contribution in [0.25, 0.3) is 5.57 Å². The lowest BCUT2D eigenvalue weighted by Gasteiger charge is -2.28. The van der Waals surface area contributed by atoms with Crippen LogP contribution in [0, 0.1) is 0 Å². The minimum atomic E-state index is -0.734. The number of imide groups is 1. The van der Waals surface area contributed by atoms with E-state index < -0.39 is 18.0 Å². The maximum absolute atomic E-state index is 14.4. The predicted octanol–water partition coefficient (Wildman–Crippen LogP) is 6.35. The largest absolute Gasteiger partial charge is 0.493 e. The molecule has 10 nitrogen and oxygen atoms in total. The van der Waals surface area contributed by atoms with E-state index in [0.29, 0.717) is 51.2 Å². The van der Waals surface area contributed by atoms with Crippen molar-refractivity contribution in [1.82, 2.24) is 4.90 Å². The van der Waals surface area contributed by atoms with Crippen molar-refractivity contribution in [3.05, 3.63) is 113 Å². The molecule has 47 heavy (non-hydrogen) atoms. The summed E-state index contributed by atoms with van der Waals surface area (Å²) in [6.45, 7) is 0.0244. The number of amides is 2. The molecule has 1 aliphatic heterocycles. The molecule has 2 amide bonds. The van der Waals surface area contributed by atoms with Crippen LogP contribution in [0.3, 0.4) is 0 Å². The van der Waals surface area contributed by atoms with Crippen LogP contribution in [0.2, 0.25) is 0 Å². The van der Waals surface area contributed by atoms with Gasteiger partial charge in [0.05, 0.1) is 48.7 Å². The number of ether oxygens (including phenoxy) is 7. The molecule has 5 rings (SSSR count). The van der Waals surface area contributed by atoms with Gasteiger partial charge in [-0.2, -0.15) is 0 Å². The van der Waals surface area contributed by atoms with Crippen molar-refractivity contribution in [3.8, 4) is 34.5 Å². The first-order valence-electron chi connectivity index (χ1n) is 14.8. The van der Waals surface area contributed by atoms with Crippen molar-refractivity contribution in [3.63, 3.8) is 0 Å². The number of carbonyl (C=O) groups is 2. The zero-order valence-corrected chi connectivity index (χ0v) is 27.1. The molecule has 10 heteroatoms. The summed E-state index contributed by atoms with van der Waals surface area (Å²) in [6.07, 6.45) is 0.663. The quantitative estimate of drug-likeness (QED) is 0.164. The van der Waals surface area contributed by atoms with E-state index in [1.807, 2.05) is 60.7 Å². The van der Waals surface area contributed by atoms with Crippen LogP contribution in [0.5, 0.6) is 34.5 Å². The molecule has 0 unspecified atom stereocenters. The number of hydrogen-bond donors (Lipinski definition) is 0. The third-order valence-corrected chi connectivity index (χ3v) is 8.06. The van der Waals surface area contributed by atoms with Gasteiger partial charge in [-0.15, -0.1) is 0 Å². The molecule has 1 aliphatic rings. The van der Waals surface area contributed by atoms with Gasteiger partial charge in [-0.1, -0.05) is 60.7 Å². The smallest absolute Gasteiger partial charge is 0.417 e. The Labute approximate surface area is 274 Å². The second-order valence-electron chi connectivity index (χ2n) is 10.5. The SMILES string of the molecule is COc1cc(C(=CC(=O)N2C(=O)OC[C@H]2C(c2ccccc2)c2ccccc2)c2cc(OC)c(OC)c(OC)c2)cc(OC)c1OC. The van der Waals surface area contributed by atoms with Crippen LogP contribution < -0.4 is 28.4 Å². The van der Waals surface area contributed by atoms with E-state index in [0.717, 1.165) is 11.1 Å². The first kappa shape index (κ1) is 32.7. The average molecular weight is 640 g/mol. The molecule has 1 saturated heterocycles. The van der Waals surface area contributed by atoms with Crippen molar-refractivity contribution in [2.75, 3.05) is 49.3 Å². The van der Waals surface area contributed by atoms with Crippen molar-refractivity contribution < 1.29 is 42.7 Å². The number of carbonyl (C=O) groups excluding carboxylic acids is 2. The van der Waals surface area contributed by atoms with Crippen molar-refractivity contribution in [1.29, 1.82) is 0 Å². The molecule has 4 aromatic rings. The van der Waals surface area contributed by atoms with Crippen molar-refractivity contribution in [2.45, 2.75) is 12.0 Å². The zero-order chi connectivity index (χ0) is 33.5. The summed E-state index contributed by atoms with van der Waals surface area (Å²) < 4.78 is 39.1. The molecule has 4 aromatic carbocycles. The van der Waals surface area contributed by atoms with E-state index in [1.54, 1.807) is 24.3 Å². The molecule has 0 N–H and O–H groups in total. The van der Waals surface area contributed by atoms with Gasteiger partial charge in [-0.25, -0.2) is 9.69 Å². The minimum absolute atomic E-state index is 0.0244. The van der Waals surface area contributed by atoms with Crippen molar-refractivity contribution >= 4 is 17.6 Å². The van der Waals surface area contributed by atoms with Gasteiger partial charge in [0.25, 0.3) is 5.91 Å². The normalized spacial score (nSPS) is 13.9. The van der Waals surface area contributed by atoms with Crippen molar-refractivity contribution in [2.24, 2.45) is 0 Å². The summed E-state index contributed by atoms with van der Waals surface area (Å²) in [5, 5.41) is 0. The van der Waals surface area contributed by atoms with E-state index in [-0.39, 0.29) is 12.5 Å². The second-order valence-corrected chi connectivity index (χ2v) is 10.5. The van der Waals surface area contributed by atoms with Gasteiger partial charge < -0.3 is 33.2 Å². The Balaban J connectivity index is 1.70.